The molecule has 0 radical (unpaired) electrons. The molecule has 19 heavy (non-hydrogen) atoms. The van der Waals surface area contributed by atoms with Crippen molar-refractivity contribution >= 4 is 10.8 Å². The quantitative estimate of drug-likeness (QED) is 0.899. The summed E-state index contributed by atoms with van der Waals surface area (Å²) in [4.78, 5) is 4.42. The smallest absolute Gasteiger partial charge is 0.161 e. The molecule has 0 saturated carbocycles. The van der Waals surface area contributed by atoms with Crippen LogP contribution in [0.2, 0.25) is 0 Å². The maximum atomic E-state index is 9.47. The van der Waals surface area contributed by atoms with E-state index in [4.69, 9.17) is 9.47 Å². The Balaban J connectivity index is 2.66. The fourth-order valence-electron chi connectivity index (χ4n) is 2.26. The van der Waals surface area contributed by atoms with E-state index in [-0.39, 0.29) is 12.5 Å². The van der Waals surface area contributed by atoms with Crippen molar-refractivity contribution in [3.63, 3.8) is 0 Å². The average Bonchev–Trinajstić information content (AvgIpc) is 2.47. The lowest BCUT2D eigenvalue weighted by Crippen LogP contribution is -2.06. The number of nitrogens with zero attached hydrogens (tertiary/aromatic N) is 1. The van der Waals surface area contributed by atoms with Crippen molar-refractivity contribution in [1.29, 1.82) is 0 Å². The van der Waals surface area contributed by atoms with E-state index >= 15 is 0 Å². The van der Waals surface area contributed by atoms with Gasteiger partial charge in [-0.25, -0.2) is 0 Å². The number of ether oxygens (including phenoxy) is 2. The molecule has 1 atom stereocenters. The molecule has 1 unspecified atom stereocenters. The van der Waals surface area contributed by atoms with Crippen LogP contribution in [0.5, 0.6) is 11.5 Å². The number of benzene rings is 1. The van der Waals surface area contributed by atoms with Crippen molar-refractivity contribution in [2.75, 3.05) is 20.8 Å². The number of rotatable bonds is 5. The van der Waals surface area contributed by atoms with Gasteiger partial charge in [0.25, 0.3) is 0 Å². The first kappa shape index (κ1) is 13.6. The van der Waals surface area contributed by atoms with Gasteiger partial charge in [-0.2, -0.15) is 0 Å². The van der Waals surface area contributed by atoms with Gasteiger partial charge in [-0.3, -0.25) is 4.98 Å². The Morgan fingerprint density at radius 1 is 1.21 bits per heavy atom. The molecular weight excluding hydrogens is 242 g/mol. The fraction of sp³-hybridized carbons (Fsp3) is 0.400. The summed E-state index contributed by atoms with van der Waals surface area (Å²) in [6, 6.07) is 5.79. The average molecular weight is 261 g/mol. The Bertz CT molecular complexity index is 565. The molecule has 0 aliphatic carbocycles. The Labute approximate surface area is 113 Å². The zero-order chi connectivity index (χ0) is 13.8. The highest BCUT2D eigenvalue weighted by Crippen LogP contribution is 2.35. The van der Waals surface area contributed by atoms with Gasteiger partial charge in [0.2, 0.25) is 0 Å². The second kappa shape index (κ2) is 5.89. The molecule has 2 rings (SSSR count). The van der Waals surface area contributed by atoms with Gasteiger partial charge in [0.1, 0.15) is 0 Å². The van der Waals surface area contributed by atoms with Gasteiger partial charge in [-0.05, 0) is 30.0 Å². The third-order valence-corrected chi connectivity index (χ3v) is 3.40. The number of methoxy groups -OCH3 is 2. The van der Waals surface area contributed by atoms with Gasteiger partial charge in [-0.15, -0.1) is 0 Å². The first-order valence-electron chi connectivity index (χ1n) is 6.36. The molecule has 0 spiro atoms. The van der Waals surface area contributed by atoms with Crippen LogP contribution in [0.3, 0.4) is 0 Å². The number of fused-ring (bicyclic) bond motifs is 1. The first-order valence-corrected chi connectivity index (χ1v) is 6.36. The molecule has 1 heterocycles. The van der Waals surface area contributed by atoms with E-state index in [1.54, 1.807) is 20.4 Å². The highest BCUT2D eigenvalue weighted by molar-refractivity contribution is 5.88. The number of aliphatic hydroxyl groups is 1. The molecule has 0 bridgehead atoms. The summed E-state index contributed by atoms with van der Waals surface area (Å²) < 4.78 is 10.6. The Morgan fingerprint density at radius 2 is 1.89 bits per heavy atom. The van der Waals surface area contributed by atoms with E-state index in [0.29, 0.717) is 11.5 Å². The minimum absolute atomic E-state index is 0.0433. The van der Waals surface area contributed by atoms with Crippen LogP contribution in [0, 0.1) is 0 Å². The standard InChI is InChI=1S/C15H19NO3/c1-4-10(9-17)15-12-8-14(19-3)13(18-2)7-11(12)5-6-16-15/h5-8,10,17H,4,9H2,1-3H3. The van der Waals surface area contributed by atoms with E-state index in [1.165, 1.54) is 0 Å². The molecule has 0 saturated heterocycles. The number of aliphatic hydroxyl groups excluding tert-OH is 1. The maximum Gasteiger partial charge on any atom is 0.161 e. The van der Waals surface area contributed by atoms with Crippen LogP contribution in [0.4, 0.5) is 0 Å². The van der Waals surface area contributed by atoms with E-state index < -0.39 is 0 Å². The zero-order valence-electron chi connectivity index (χ0n) is 11.5. The number of hydrogen-bond donors (Lipinski definition) is 1. The Kier molecular flexibility index (Phi) is 4.22. The lowest BCUT2D eigenvalue weighted by molar-refractivity contribution is 0.261. The van der Waals surface area contributed by atoms with Crippen molar-refractivity contribution in [3.05, 3.63) is 30.1 Å². The summed E-state index contributed by atoms with van der Waals surface area (Å²) in [5, 5.41) is 11.5. The highest BCUT2D eigenvalue weighted by Gasteiger charge is 2.15. The predicted molar refractivity (Wildman–Crippen MR) is 75.0 cm³/mol. The van der Waals surface area contributed by atoms with Crippen LogP contribution in [0.25, 0.3) is 10.8 Å². The normalized spacial score (nSPS) is 12.4. The minimum Gasteiger partial charge on any atom is -0.493 e. The Hall–Kier alpha value is -1.81. The van der Waals surface area contributed by atoms with Crippen LogP contribution in [-0.2, 0) is 0 Å². The van der Waals surface area contributed by atoms with Crippen molar-refractivity contribution in [2.45, 2.75) is 19.3 Å². The monoisotopic (exact) mass is 261 g/mol. The topological polar surface area (TPSA) is 51.6 Å². The molecule has 2 aromatic rings. The van der Waals surface area contributed by atoms with Gasteiger partial charge in [0.05, 0.1) is 26.5 Å². The number of pyridine rings is 1. The summed E-state index contributed by atoms with van der Waals surface area (Å²) in [5.74, 6) is 1.42. The van der Waals surface area contributed by atoms with Crippen LogP contribution >= 0.6 is 0 Å². The molecule has 4 heteroatoms. The molecule has 4 nitrogen and oxygen atoms in total. The van der Waals surface area contributed by atoms with Crippen LogP contribution in [0.1, 0.15) is 25.0 Å². The van der Waals surface area contributed by atoms with Gasteiger partial charge in [0.15, 0.2) is 11.5 Å². The van der Waals surface area contributed by atoms with Crippen molar-refractivity contribution in [1.82, 2.24) is 4.98 Å². The highest BCUT2D eigenvalue weighted by atomic mass is 16.5. The third-order valence-electron chi connectivity index (χ3n) is 3.40. The lowest BCUT2D eigenvalue weighted by Gasteiger charge is -2.15. The van der Waals surface area contributed by atoms with Gasteiger partial charge in [0, 0.05) is 17.5 Å². The summed E-state index contributed by atoms with van der Waals surface area (Å²) in [6.07, 6.45) is 2.61. The summed E-state index contributed by atoms with van der Waals surface area (Å²) in [5.41, 5.74) is 0.906. The first-order chi connectivity index (χ1) is 9.24. The minimum atomic E-state index is 0.0433. The van der Waals surface area contributed by atoms with E-state index in [9.17, 15) is 5.11 Å². The molecule has 0 aliphatic rings. The molecule has 102 valence electrons. The fourth-order valence-corrected chi connectivity index (χ4v) is 2.26. The van der Waals surface area contributed by atoms with Crippen LogP contribution in [0.15, 0.2) is 24.4 Å². The molecule has 1 aromatic heterocycles. The van der Waals surface area contributed by atoms with Gasteiger partial charge < -0.3 is 14.6 Å². The summed E-state index contributed by atoms with van der Waals surface area (Å²) in [6.45, 7) is 2.14. The van der Waals surface area contributed by atoms with E-state index in [1.807, 2.05) is 25.1 Å². The predicted octanol–water partition coefficient (Wildman–Crippen LogP) is 2.74. The largest absolute Gasteiger partial charge is 0.493 e. The number of aromatic nitrogens is 1. The van der Waals surface area contributed by atoms with Crippen molar-refractivity contribution < 1.29 is 14.6 Å². The van der Waals surface area contributed by atoms with Gasteiger partial charge >= 0.3 is 0 Å². The molecule has 0 amide bonds. The van der Waals surface area contributed by atoms with Crippen LogP contribution < -0.4 is 9.47 Å². The molecule has 0 aliphatic heterocycles. The van der Waals surface area contributed by atoms with Crippen molar-refractivity contribution in [3.8, 4) is 11.5 Å². The molecule has 1 N–H and O–H groups in total. The SMILES string of the molecule is CCC(CO)c1nccc2cc(OC)c(OC)cc12. The molecule has 0 fully saturated rings. The van der Waals surface area contributed by atoms with Gasteiger partial charge in [-0.1, -0.05) is 6.92 Å². The molecule has 1 aromatic carbocycles. The zero-order valence-corrected chi connectivity index (χ0v) is 11.5. The summed E-state index contributed by atoms with van der Waals surface area (Å²) in [7, 11) is 3.23. The Morgan fingerprint density at radius 3 is 2.47 bits per heavy atom. The second-order valence-corrected chi connectivity index (χ2v) is 4.41. The molecular formula is C15H19NO3. The van der Waals surface area contributed by atoms with Crippen molar-refractivity contribution in [2.24, 2.45) is 0 Å². The second-order valence-electron chi connectivity index (χ2n) is 4.41. The third kappa shape index (κ3) is 2.49. The lowest BCUT2D eigenvalue weighted by atomic mass is 9.97. The van der Waals surface area contributed by atoms with E-state index in [2.05, 4.69) is 4.98 Å². The van der Waals surface area contributed by atoms with Crippen LogP contribution in [-0.4, -0.2) is 30.9 Å². The van der Waals surface area contributed by atoms with E-state index in [0.717, 1.165) is 22.9 Å². The summed E-state index contributed by atoms with van der Waals surface area (Å²) >= 11 is 0. The number of hydrogen-bond acceptors (Lipinski definition) is 4. The maximum absolute atomic E-state index is 9.47.